The maximum absolute atomic E-state index is 14.9. The first-order valence-electron chi connectivity index (χ1n) is 16.7. The minimum Gasteiger partial charge on any atom is -0.429 e. The predicted octanol–water partition coefficient (Wildman–Crippen LogP) is 12.5. The van der Waals surface area contributed by atoms with Gasteiger partial charge in [-0.3, -0.25) is 0 Å². The van der Waals surface area contributed by atoms with Crippen molar-refractivity contribution >= 4 is 0 Å². The first-order chi connectivity index (χ1) is 21.2. The van der Waals surface area contributed by atoms with Crippen LogP contribution in [0.1, 0.15) is 126 Å². The fraction of sp³-hybridized carbons (Fsp3) is 0.526. The summed E-state index contributed by atoms with van der Waals surface area (Å²) in [7, 11) is 0. The standard InChI is InChI=1S/C38H50F4O2/c1-3-5-7-9-11-13-15-17-31-19-27-35(28-20-31)43-37(39,40)33-23-25-34(26-24-33)38(41,42)44-36-29-21-32(22-30-36)18-16-14-12-10-8-6-4-2/h19-30H,3-18H2,1-2H3. The Balaban J connectivity index is 1.46. The summed E-state index contributed by atoms with van der Waals surface area (Å²) in [5.74, 6) is 0.0398. The van der Waals surface area contributed by atoms with E-state index in [-0.39, 0.29) is 11.5 Å². The van der Waals surface area contributed by atoms with Crippen LogP contribution in [0.25, 0.3) is 0 Å². The van der Waals surface area contributed by atoms with Crippen LogP contribution in [-0.2, 0) is 25.1 Å². The Kier molecular flexibility index (Phi) is 15.1. The summed E-state index contributed by atoms with van der Waals surface area (Å²) < 4.78 is 69.4. The smallest absolute Gasteiger partial charge is 0.426 e. The van der Waals surface area contributed by atoms with Gasteiger partial charge in [-0.1, -0.05) is 115 Å². The molecule has 0 saturated heterocycles. The Morgan fingerprint density at radius 2 is 0.705 bits per heavy atom. The summed E-state index contributed by atoms with van der Waals surface area (Å²) in [6.07, 6.45) is 11.4. The second kappa shape index (κ2) is 18.7. The molecule has 0 radical (unpaired) electrons. The van der Waals surface area contributed by atoms with E-state index in [1.165, 1.54) is 88.5 Å². The molecular weight excluding hydrogens is 564 g/mol. The zero-order valence-electron chi connectivity index (χ0n) is 26.6. The van der Waals surface area contributed by atoms with Gasteiger partial charge in [-0.25, -0.2) is 0 Å². The molecule has 0 amide bonds. The van der Waals surface area contributed by atoms with Gasteiger partial charge in [0.25, 0.3) is 0 Å². The highest BCUT2D eigenvalue weighted by Crippen LogP contribution is 2.36. The van der Waals surface area contributed by atoms with Gasteiger partial charge in [0.05, 0.1) is 11.1 Å². The lowest BCUT2D eigenvalue weighted by Crippen LogP contribution is -2.24. The SMILES string of the molecule is CCCCCCCCCc1ccc(OC(F)(F)c2ccc(C(F)(F)Oc3ccc(CCCCCCCCC)cc3)cc2)cc1. The molecule has 0 N–H and O–H groups in total. The lowest BCUT2D eigenvalue weighted by Gasteiger charge is -2.21. The van der Waals surface area contributed by atoms with Crippen molar-refractivity contribution in [3.8, 4) is 11.5 Å². The van der Waals surface area contributed by atoms with Crippen LogP contribution >= 0.6 is 0 Å². The Hall–Kier alpha value is -3.02. The van der Waals surface area contributed by atoms with Gasteiger partial charge in [-0.2, -0.15) is 17.6 Å². The molecule has 0 saturated carbocycles. The fourth-order valence-corrected chi connectivity index (χ4v) is 5.29. The molecule has 242 valence electrons. The van der Waals surface area contributed by atoms with Crippen LogP contribution in [0, 0.1) is 0 Å². The van der Waals surface area contributed by atoms with E-state index >= 15 is 0 Å². The minimum absolute atomic E-state index is 0.0199. The quantitative estimate of drug-likeness (QED) is 0.0828. The number of hydrogen-bond acceptors (Lipinski definition) is 2. The molecule has 0 atom stereocenters. The Morgan fingerprint density at radius 3 is 1.02 bits per heavy atom. The molecule has 0 heterocycles. The average Bonchev–Trinajstić information content (AvgIpc) is 3.01. The normalized spacial score (nSPS) is 12.0. The molecule has 6 heteroatoms. The van der Waals surface area contributed by atoms with Crippen LogP contribution in [0.2, 0.25) is 0 Å². The number of ether oxygens (including phenoxy) is 2. The third-order valence-corrected chi connectivity index (χ3v) is 8.03. The van der Waals surface area contributed by atoms with Gasteiger partial charge in [-0.05, 0) is 85.3 Å². The molecular formula is C38H50F4O2. The summed E-state index contributed by atoms with van der Waals surface area (Å²) in [5.41, 5.74) is 1.12. The molecule has 0 aromatic heterocycles. The Labute approximate surface area is 262 Å². The topological polar surface area (TPSA) is 18.5 Å². The van der Waals surface area contributed by atoms with E-state index in [0.717, 1.165) is 73.9 Å². The van der Waals surface area contributed by atoms with Crippen molar-refractivity contribution in [3.05, 3.63) is 95.1 Å². The molecule has 3 rings (SSSR count). The highest BCUT2D eigenvalue weighted by atomic mass is 19.3. The molecule has 0 bridgehead atoms. The molecule has 0 unspecified atom stereocenters. The second-order valence-electron chi connectivity index (χ2n) is 11.8. The van der Waals surface area contributed by atoms with Crippen molar-refractivity contribution in [1.29, 1.82) is 0 Å². The molecule has 2 nitrogen and oxygen atoms in total. The number of unbranched alkanes of at least 4 members (excludes halogenated alkanes) is 12. The van der Waals surface area contributed by atoms with Crippen molar-refractivity contribution in [2.45, 2.75) is 129 Å². The summed E-state index contributed by atoms with van der Waals surface area (Å²) in [5, 5.41) is 0. The van der Waals surface area contributed by atoms with Crippen LogP contribution in [0.3, 0.4) is 0 Å². The van der Waals surface area contributed by atoms with Crippen molar-refractivity contribution < 1.29 is 27.0 Å². The average molecular weight is 615 g/mol. The van der Waals surface area contributed by atoms with E-state index in [1.54, 1.807) is 24.3 Å². The molecule has 3 aromatic carbocycles. The highest BCUT2D eigenvalue weighted by Gasteiger charge is 2.38. The molecule has 0 aliphatic carbocycles. The molecule has 0 spiro atoms. The first kappa shape index (κ1) is 35.5. The molecule has 0 aliphatic heterocycles. The van der Waals surface area contributed by atoms with E-state index in [0.29, 0.717) is 0 Å². The number of aryl methyl sites for hydroxylation is 2. The largest absolute Gasteiger partial charge is 0.429 e. The maximum atomic E-state index is 14.9. The molecule has 0 fully saturated rings. The predicted molar refractivity (Wildman–Crippen MR) is 172 cm³/mol. The van der Waals surface area contributed by atoms with Crippen molar-refractivity contribution in [2.75, 3.05) is 0 Å². The lowest BCUT2D eigenvalue weighted by atomic mass is 10.0. The Morgan fingerprint density at radius 1 is 0.409 bits per heavy atom. The number of halogens is 4. The summed E-state index contributed by atoms with van der Waals surface area (Å²) in [6.45, 7) is 4.41. The summed E-state index contributed by atoms with van der Waals surface area (Å²) in [6, 6.07) is 17.1. The number of alkyl halides is 4. The number of benzene rings is 3. The van der Waals surface area contributed by atoms with E-state index in [2.05, 4.69) is 13.8 Å². The number of hydrogen-bond donors (Lipinski definition) is 0. The zero-order valence-corrected chi connectivity index (χ0v) is 26.6. The number of rotatable bonds is 22. The van der Waals surface area contributed by atoms with Gasteiger partial charge < -0.3 is 9.47 Å². The molecule has 3 aromatic rings. The van der Waals surface area contributed by atoms with Crippen molar-refractivity contribution in [2.24, 2.45) is 0 Å². The van der Waals surface area contributed by atoms with E-state index in [9.17, 15) is 17.6 Å². The summed E-state index contributed by atoms with van der Waals surface area (Å²) >= 11 is 0. The lowest BCUT2D eigenvalue weighted by molar-refractivity contribution is -0.188. The van der Waals surface area contributed by atoms with Crippen LogP contribution in [0.15, 0.2) is 72.8 Å². The first-order valence-corrected chi connectivity index (χ1v) is 16.7. The van der Waals surface area contributed by atoms with E-state index in [1.807, 2.05) is 0 Å². The highest BCUT2D eigenvalue weighted by molar-refractivity contribution is 5.32. The van der Waals surface area contributed by atoms with Crippen molar-refractivity contribution in [1.82, 2.24) is 0 Å². The maximum Gasteiger partial charge on any atom is 0.426 e. The van der Waals surface area contributed by atoms with E-state index < -0.39 is 23.3 Å². The van der Waals surface area contributed by atoms with Gasteiger partial charge in [0.1, 0.15) is 11.5 Å². The monoisotopic (exact) mass is 614 g/mol. The van der Waals surface area contributed by atoms with Gasteiger partial charge >= 0.3 is 12.2 Å². The van der Waals surface area contributed by atoms with Gasteiger partial charge in [0.15, 0.2) is 0 Å². The van der Waals surface area contributed by atoms with Crippen molar-refractivity contribution in [3.63, 3.8) is 0 Å². The van der Waals surface area contributed by atoms with Crippen LogP contribution in [0.4, 0.5) is 17.6 Å². The second-order valence-corrected chi connectivity index (χ2v) is 11.8. The van der Waals surface area contributed by atoms with Crippen LogP contribution in [-0.4, -0.2) is 0 Å². The summed E-state index contributed by atoms with van der Waals surface area (Å²) in [4.78, 5) is 0. The van der Waals surface area contributed by atoms with Gasteiger partial charge in [0.2, 0.25) is 0 Å². The zero-order chi connectivity index (χ0) is 31.7. The third kappa shape index (κ3) is 12.5. The third-order valence-electron chi connectivity index (χ3n) is 8.03. The van der Waals surface area contributed by atoms with Crippen LogP contribution in [0.5, 0.6) is 11.5 Å². The molecule has 0 aliphatic rings. The van der Waals surface area contributed by atoms with Crippen LogP contribution < -0.4 is 9.47 Å². The van der Waals surface area contributed by atoms with Gasteiger partial charge in [0, 0.05) is 0 Å². The molecule has 44 heavy (non-hydrogen) atoms. The minimum atomic E-state index is -3.68. The Bertz CT molecular complexity index is 1080. The van der Waals surface area contributed by atoms with E-state index in [4.69, 9.17) is 9.47 Å². The van der Waals surface area contributed by atoms with Gasteiger partial charge in [-0.15, -0.1) is 0 Å². The fourth-order valence-electron chi connectivity index (χ4n) is 5.29.